The molecular weight excluding hydrogens is 402 g/mol. The van der Waals surface area contributed by atoms with Crippen molar-refractivity contribution in [1.29, 1.82) is 0 Å². The fourth-order valence-corrected chi connectivity index (χ4v) is 6.81. The maximum atomic E-state index is 12.8. The van der Waals surface area contributed by atoms with Crippen molar-refractivity contribution in [3.05, 3.63) is 28.7 Å². The largest absolute Gasteiger partial charge is 0.351 e. The number of sulfonamides is 1. The summed E-state index contributed by atoms with van der Waals surface area (Å²) in [4.78, 5) is 22.1. The van der Waals surface area contributed by atoms with Gasteiger partial charge in [-0.2, -0.15) is 9.29 Å². The Morgan fingerprint density at radius 1 is 1.20 bits per heavy atom. The molecule has 0 bridgehead atoms. The maximum absolute atomic E-state index is 12.8. The maximum Gasteiger partial charge on any atom is 0.252 e. The van der Waals surface area contributed by atoms with Gasteiger partial charge in [-0.15, -0.1) is 0 Å². The number of hydrogen-bond donors (Lipinski definition) is 1. The first-order valence-electron chi connectivity index (χ1n) is 10.9. The summed E-state index contributed by atoms with van der Waals surface area (Å²) in [7, 11) is -3.19. The van der Waals surface area contributed by atoms with Gasteiger partial charge in [0.1, 0.15) is 5.65 Å². The van der Waals surface area contributed by atoms with Crippen LogP contribution in [0.4, 0.5) is 5.95 Å². The zero-order valence-corrected chi connectivity index (χ0v) is 18.4. The van der Waals surface area contributed by atoms with E-state index in [4.69, 9.17) is 4.98 Å². The predicted molar refractivity (Wildman–Crippen MR) is 116 cm³/mol. The average molecular weight is 432 g/mol. The van der Waals surface area contributed by atoms with E-state index in [-0.39, 0.29) is 23.7 Å². The molecule has 3 unspecified atom stereocenters. The van der Waals surface area contributed by atoms with Crippen LogP contribution in [0, 0.1) is 5.41 Å². The Morgan fingerprint density at radius 3 is 2.70 bits per heavy atom. The Bertz CT molecular complexity index is 1140. The minimum absolute atomic E-state index is 0.0143. The van der Waals surface area contributed by atoms with Gasteiger partial charge in [0, 0.05) is 42.3 Å². The van der Waals surface area contributed by atoms with Crippen molar-refractivity contribution in [2.75, 3.05) is 18.1 Å². The molecule has 0 aromatic carbocycles. The van der Waals surface area contributed by atoms with E-state index in [2.05, 4.69) is 10.3 Å². The number of nitrogens with one attached hydrogen (secondary N) is 1. The molecule has 2 aromatic rings. The third kappa shape index (κ3) is 3.41. The molecule has 3 heterocycles. The molecule has 3 aliphatic rings. The molecule has 2 aromatic heterocycles. The lowest BCUT2D eigenvalue weighted by Gasteiger charge is -2.36. The van der Waals surface area contributed by atoms with Crippen molar-refractivity contribution in [3.63, 3.8) is 0 Å². The van der Waals surface area contributed by atoms with Gasteiger partial charge in [-0.3, -0.25) is 9.36 Å². The van der Waals surface area contributed by atoms with E-state index in [1.807, 2.05) is 11.5 Å². The van der Waals surface area contributed by atoms with Gasteiger partial charge in [0.05, 0.1) is 6.26 Å². The molecule has 2 aliphatic carbocycles. The number of aromatic nitrogens is 3. The smallest absolute Gasteiger partial charge is 0.252 e. The summed E-state index contributed by atoms with van der Waals surface area (Å²) in [6, 6.07) is 3.70. The first-order valence-corrected chi connectivity index (χ1v) is 12.7. The van der Waals surface area contributed by atoms with Gasteiger partial charge in [0.15, 0.2) is 0 Å². The number of nitrogens with zero attached hydrogens (tertiary/aromatic N) is 4. The second-order valence-corrected chi connectivity index (χ2v) is 11.3. The van der Waals surface area contributed by atoms with Crippen LogP contribution in [0.25, 0.3) is 11.0 Å². The Labute approximate surface area is 176 Å². The summed E-state index contributed by atoms with van der Waals surface area (Å²) in [5, 5.41) is 4.27. The molecule has 8 nitrogen and oxygen atoms in total. The van der Waals surface area contributed by atoms with Crippen molar-refractivity contribution < 1.29 is 8.42 Å². The lowest BCUT2D eigenvalue weighted by atomic mass is 10.00. The van der Waals surface area contributed by atoms with Gasteiger partial charge in [-0.1, -0.05) is 6.42 Å². The zero-order valence-electron chi connectivity index (χ0n) is 17.5. The Hall–Kier alpha value is -2.00. The molecule has 1 spiro atoms. The SMILES string of the molecule is CC1CC(Nc2ncc3ccc(=O)n(C4CCCC45CC5)c3n2)CCN1S(C)(=O)=O. The van der Waals surface area contributed by atoms with Crippen molar-refractivity contribution in [1.82, 2.24) is 18.8 Å². The molecule has 0 radical (unpaired) electrons. The van der Waals surface area contributed by atoms with E-state index < -0.39 is 10.0 Å². The Morgan fingerprint density at radius 2 is 2.00 bits per heavy atom. The van der Waals surface area contributed by atoms with Gasteiger partial charge in [-0.05, 0) is 56.9 Å². The number of pyridine rings is 1. The van der Waals surface area contributed by atoms with Crippen LogP contribution in [0.2, 0.25) is 0 Å². The predicted octanol–water partition coefficient (Wildman–Crippen LogP) is 2.52. The number of rotatable bonds is 4. The van der Waals surface area contributed by atoms with Crippen LogP contribution in [-0.4, -0.2) is 52.1 Å². The second kappa shape index (κ2) is 7.02. The molecule has 5 rings (SSSR count). The van der Waals surface area contributed by atoms with E-state index in [0.717, 1.165) is 11.8 Å². The quantitative estimate of drug-likeness (QED) is 0.799. The van der Waals surface area contributed by atoms with Crippen LogP contribution < -0.4 is 10.9 Å². The van der Waals surface area contributed by atoms with E-state index in [0.29, 0.717) is 36.4 Å². The second-order valence-electron chi connectivity index (χ2n) is 9.37. The van der Waals surface area contributed by atoms with E-state index in [9.17, 15) is 13.2 Å². The fourth-order valence-electron chi connectivity index (χ4n) is 5.63. The van der Waals surface area contributed by atoms with E-state index >= 15 is 0 Å². The molecule has 1 aliphatic heterocycles. The van der Waals surface area contributed by atoms with Crippen LogP contribution in [0.3, 0.4) is 0 Å². The van der Waals surface area contributed by atoms with Crippen molar-refractivity contribution in [3.8, 4) is 0 Å². The highest BCUT2D eigenvalue weighted by molar-refractivity contribution is 7.88. The lowest BCUT2D eigenvalue weighted by molar-refractivity contribution is 0.256. The third-order valence-corrected chi connectivity index (χ3v) is 8.70. The Balaban J connectivity index is 1.43. The molecule has 1 saturated heterocycles. The van der Waals surface area contributed by atoms with Gasteiger partial charge in [-0.25, -0.2) is 13.4 Å². The van der Waals surface area contributed by atoms with E-state index in [1.165, 1.54) is 31.9 Å². The Kier molecular flexibility index (Phi) is 4.66. The number of piperidine rings is 1. The molecule has 30 heavy (non-hydrogen) atoms. The van der Waals surface area contributed by atoms with Gasteiger partial charge in [0.2, 0.25) is 16.0 Å². The molecule has 3 atom stereocenters. The number of hydrogen-bond acceptors (Lipinski definition) is 6. The van der Waals surface area contributed by atoms with E-state index in [1.54, 1.807) is 22.6 Å². The molecule has 1 N–H and O–H groups in total. The molecule has 0 amide bonds. The summed E-state index contributed by atoms with van der Waals surface area (Å²) in [5.74, 6) is 0.509. The summed E-state index contributed by atoms with van der Waals surface area (Å²) < 4.78 is 27.3. The van der Waals surface area contributed by atoms with Gasteiger partial charge >= 0.3 is 0 Å². The average Bonchev–Trinajstić information content (AvgIpc) is 3.34. The summed E-state index contributed by atoms with van der Waals surface area (Å²) in [6.07, 6.45) is 10.2. The van der Waals surface area contributed by atoms with Crippen LogP contribution in [0.1, 0.15) is 57.9 Å². The number of anilines is 1. The lowest BCUT2D eigenvalue weighted by Crippen LogP contribution is -2.47. The first kappa shape index (κ1) is 19.9. The highest BCUT2D eigenvalue weighted by atomic mass is 32.2. The topological polar surface area (TPSA) is 97.2 Å². The monoisotopic (exact) mass is 431 g/mol. The highest BCUT2D eigenvalue weighted by Gasteiger charge is 2.53. The van der Waals surface area contributed by atoms with Crippen molar-refractivity contribution >= 4 is 27.0 Å². The zero-order chi connectivity index (χ0) is 21.1. The van der Waals surface area contributed by atoms with Crippen LogP contribution in [0.15, 0.2) is 23.1 Å². The van der Waals surface area contributed by atoms with Gasteiger partial charge < -0.3 is 5.32 Å². The normalized spacial score (nSPS) is 28.8. The number of fused-ring (bicyclic) bond motifs is 1. The molecular formula is C21H29N5O3S. The molecule has 2 saturated carbocycles. The third-order valence-electron chi connectivity index (χ3n) is 7.30. The fraction of sp³-hybridized carbons (Fsp3) is 0.667. The molecule has 162 valence electrons. The van der Waals surface area contributed by atoms with Crippen LogP contribution in [-0.2, 0) is 10.0 Å². The summed E-state index contributed by atoms with van der Waals surface area (Å²) >= 11 is 0. The minimum Gasteiger partial charge on any atom is -0.351 e. The highest BCUT2D eigenvalue weighted by Crippen LogP contribution is 2.63. The van der Waals surface area contributed by atoms with Gasteiger partial charge in [0.25, 0.3) is 5.56 Å². The molecule has 9 heteroatoms. The standard InChI is InChI=1S/C21H29N5O3S/c1-14-12-16(7-11-25(14)30(2,28)29)23-20-22-13-15-5-6-18(27)26(19(15)24-20)17-4-3-8-21(17)9-10-21/h5-6,13-14,16-17H,3-4,7-12H2,1-2H3,(H,22,23,24). The van der Waals surface area contributed by atoms with Crippen molar-refractivity contribution in [2.45, 2.75) is 70.0 Å². The summed E-state index contributed by atoms with van der Waals surface area (Å²) in [6.45, 7) is 2.42. The molecule has 3 fully saturated rings. The van der Waals surface area contributed by atoms with Crippen LogP contribution in [0.5, 0.6) is 0 Å². The minimum atomic E-state index is -3.19. The van der Waals surface area contributed by atoms with Crippen molar-refractivity contribution in [2.24, 2.45) is 5.41 Å². The van der Waals surface area contributed by atoms with Crippen LogP contribution >= 0.6 is 0 Å². The first-order chi connectivity index (χ1) is 14.3. The summed E-state index contributed by atoms with van der Waals surface area (Å²) in [5.41, 5.74) is 1.02.